The Morgan fingerprint density at radius 1 is 0.353 bits per heavy atom. The standard InChI is InChI=1S/C28H42O5.C27H40O5.C26H38O5.6CH4/c1-4-28(2,3)27(30)33-23-12-18-11-22(23)25-20-9-17(24(18)25)10-21(20)26(29)32-14-31-13-19-8-15-5-6-16(19)7-15;1-4-27(2,3)26(29)32-22-12-17-11-20(22)24-18-9-16(23(17)24)10-19(18)25(28)31-13-30-21-8-14-5-6-15(21)7-14;1-3-13(2)25(27)31-22-11-17-10-20(22)24-18-8-16(23(17)24)9-19(18)26(28)30-12-29-21-7-14-4-5-15(21)6-14;;;;;;/h15-25H,4-14H2,1-3H3;14-24H,4-13H2,1-3H3;13-24H,3-12H2,1-2H3;6*1H4. The highest BCUT2D eigenvalue weighted by atomic mass is 16.7. The summed E-state index contributed by atoms with van der Waals surface area (Å²) in [7, 11) is 0. The zero-order valence-electron chi connectivity index (χ0n) is 59.7. The van der Waals surface area contributed by atoms with E-state index in [0.717, 1.165) is 132 Å². The highest BCUT2D eigenvalue weighted by Gasteiger charge is 2.70. The Morgan fingerprint density at radius 3 is 1.03 bits per heavy atom. The van der Waals surface area contributed by atoms with Crippen LogP contribution in [0.5, 0.6) is 0 Å². The number of esters is 6. The maximum absolute atomic E-state index is 13.0. The van der Waals surface area contributed by atoms with Crippen LogP contribution in [0.3, 0.4) is 0 Å². The minimum Gasteiger partial charge on any atom is -0.462 e. The van der Waals surface area contributed by atoms with Gasteiger partial charge in [0, 0.05) is 0 Å². The molecule has 0 heterocycles. The first kappa shape index (κ1) is 81.2. The second-order valence-corrected chi connectivity index (χ2v) is 37.6. The van der Waals surface area contributed by atoms with Gasteiger partial charge in [-0.25, -0.2) is 0 Å². The van der Waals surface area contributed by atoms with Gasteiger partial charge in [0.15, 0.2) is 20.4 Å². The van der Waals surface area contributed by atoms with E-state index in [4.69, 9.17) is 42.6 Å². The Kier molecular flexibility index (Phi) is 25.6. The van der Waals surface area contributed by atoms with Gasteiger partial charge in [-0.15, -0.1) is 0 Å². The van der Waals surface area contributed by atoms with Crippen LogP contribution in [0.25, 0.3) is 0 Å². The molecule has 0 radical (unpaired) electrons. The maximum Gasteiger partial charge on any atom is 0.311 e. The second kappa shape index (κ2) is 32.1. The molecule has 18 aliphatic rings. The fourth-order valence-electron chi connectivity index (χ4n) is 27.5. The summed E-state index contributed by atoms with van der Waals surface area (Å²) in [4.78, 5) is 76.8. The van der Waals surface area contributed by atoms with Gasteiger partial charge in [0.05, 0.1) is 53.3 Å². The number of hydrogen-bond donors (Lipinski definition) is 0. The Labute approximate surface area is 617 Å². The first-order valence-corrected chi connectivity index (χ1v) is 40.2. The van der Waals surface area contributed by atoms with Crippen LogP contribution in [-0.4, -0.2) is 93.3 Å². The molecule has 18 bridgehead atoms. The van der Waals surface area contributed by atoms with Gasteiger partial charge in [-0.2, -0.15) is 0 Å². The highest BCUT2D eigenvalue weighted by molar-refractivity contribution is 5.77. The van der Waals surface area contributed by atoms with Crippen LogP contribution in [0.1, 0.15) is 273 Å². The van der Waals surface area contributed by atoms with Gasteiger partial charge < -0.3 is 42.6 Å². The Bertz CT molecular complexity index is 2910. The number of ether oxygens (including phenoxy) is 9. The number of hydrogen-bond acceptors (Lipinski definition) is 15. The van der Waals surface area contributed by atoms with E-state index in [0.29, 0.717) is 119 Å². The summed E-state index contributed by atoms with van der Waals surface area (Å²) in [5.41, 5.74) is -0.832. The summed E-state index contributed by atoms with van der Waals surface area (Å²) in [6.07, 6.45) is 32.0. The van der Waals surface area contributed by atoms with E-state index in [2.05, 4.69) is 0 Å². The van der Waals surface area contributed by atoms with Crippen LogP contribution in [0.15, 0.2) is 0 Å². The molecule has 18 rings (SSSR count). The molecule has 0 spiro atoms. The first-order valence-electron chi connectivity index (χ1n) is 40.2. The van der Waals surface area contributed by atoms with E-state index in [1.165, 1.54) is 89.9 Å². The van der Waals surface area contributed by atoms with Crippen molar-refractivity contribution in [2.45, 2.75) is 304 Å². The Hall–Kier alpha value is -3.30. The normalized spacial score (nSPS) is 45.1. The lowest BCUT2D eigenvalue weighted by Crippen LogP contribution is -2.43. The minimum absolute atomic E-state index is 0. The van der Waals surface area contributed by atoms with Crippen LogP contribution in [0.4, 0.5) is 0 Å². The van der Waals surface area contributed by atoms with Crippen molar-refractivity contribution in [1.29, 1.82) is 0 Å². The monoisotopic (exact) mass is 1430 g/mol. The third-order valence-corrected chi connectivity index (χ3v) is 32.7. The average molecular weight is 1430 g/mol. The smallest absolute Gasteiger partial charge is 0.311 e. The fraction of sp³-hybridized carbons (Fsp3) is 0.931. The molecule has 18 fully saturated rings. The SMILES string of the molecule is C.C.C.C.C.C.CCC(C)(C)C(=O)OC1CC2CC1C1C3CC(CC3C(=O)OCOC3CC4CCC3C4)C21.CCC(C)(C)C(=O)OC1CC2CC1C1C3CC(CC3C(=O)OCOCC3CC4CCC3C4)C21.CCC(C)C(=O)OC1CC2CC1C1C3CC(CC3C(=O)OCOC3CC4CCC3C4)C21. The summed E-state index contributed by atoms with van der Waals surface area (Å²) in [6.45, 7) is 17.1. The van der Waals surface area contributed by atoms with Gasteiger partial charge in [-0.05, 0) is 343 Å². The van der Waals surface area contributed by atoms with Crippen molar-refractivity contribution >= 4 is 35.8 Å². The molecule has 18 aliphatic carbocycles. The highest BCUT2D eigenvalue weighted by Crippen LogP contribution is 2.72. The lowest BCUT2D eigenvalue weighted by Gasteiger charge is -2.41. The lowest BCUT2D eigenvalue weighted by molar-refractivity contribution is -0.174. The topological polar surface area (TPSA) is 185 Å². The predicted octanol–water partition coefficient (Wildman–Crippen LogP) is 18.6. The van der Waals surface area contributed by atoms with Crippen molar-refractivity contribution in [2.24, 2.45) is 182 Å². The van der Waals surface area contributed by atoms with E-state index >= 15 is 0 Å². The predicted molar refractivity (Wildman–Crippen MR) is 395 cm³/mol. The number of carbonyl (C=O) groups is 6. The molecule has 0 aliphatic heterocycles. The van der Waals surface area contributed by atoms with Crippen LogP contribution in [-0.2, 0) is 71.4 Å². The van der Waals surface area contributed by atoms with Crippen LogP contribution in [0.2, 0.25) is 0 Å². The summed E-state index contributed by atoms with van der Waals surface area (Å²) in [6, 6.07) is 0. The van der Waals surface area contributed by atoms with Crippen molar-refractivity contribution in [1.82, 2.24) is 0 Å². The van der Waals surface area contributed by atoms with Crippen LogP contribution < -0.4 is 0 Å². The second-order valence-electron chi connectivity index (χ2n) is 37.6. The molecule has 34 atom stereocenters. The number of rotatable bonds is 22. The van der Waals surface area contributed by atoms with Crippen molar-refractivity contribution in [3.63, 3.8) is 0 Å². The molecule has 582 valence electrons. The largest absolute Gasteiger partial charge is 0.462 e. The number of carbonyl (C=O) groups excluding carboxylic acids is 6. The Balaban J connectivity index is 0.000000160. The summed E-state index contributed by atoms with van der Waals surface area (Å²) in [5.74, 6) is 15.8. The number of fused-ring (bicyclic) bond motifs is 33. The van der Waals surface area contributed by atoms with E-state index in [-0.39, 0.29) is 143 Å². The van der Waals surface area contributed by atoms with Crippen molar-refractivity contribution in [3.8, 4) is 0 Å². The van der Waals surface area contributed by atoms with Crippen LogP contribution >= 0.6 is 0 Å². The molecule has 0 amide bonds. The third kappa shape index (κ3) is 14.6. The first-order chi connectivity index (χ1) is 46.2. The zero-order chi connectivity index (χ0) is 66.4. The summed E-state index contributed by atoms with van der Waals surface area (Å²) >= 11 is 0. The molecule has 0 aromatic carbocycles. The summed E-state index contributed by atoms with van der Waals surface area (Å²) < 4.78 is 52.9. The quantitative estimate of drug-likeness (QED) is 0.0327. The maximum atomic E-state index is 13.0. The average Bonchev–Trinajstić information content (AvgIpc) is 1.56. The van der Waals surface area contributed by atoms with Gasteiger partial charge in [0.2, 0.25) is 0 Å². The third-order valence-electron chi connectivity index (χ3n) is 32.7. The lowest BCUT2D eigenvalue weighted by atomic mass is 9.66. The molecule has 34 unspecified atom stereocenters. The molecule has 0 aromatic rings. The van der Waals surface area contributed by atoms with E-state index in [1.807, 2.05) is 55.4 Å². The molecule has 18 saturated carbocycles. The van der Waals surface area contributed by atoms with E-state index in [1.54, 1.807) is 0 Å². The van der Waals surface area contributed by atoms with Crippen molar-refractivity contribution in [3.05, 3.63) is 0 Å². The fourth-order valence-corrected chi connectivity index (χ4v) is 27.5. The molecular formula is C87H144O15. The molecule has 15 heteroatoms. The zero-order valence-corrected chi connectivity index (χ0v) is 59.7. The molecule has 102 heavy (non-hydrogen) atoms. The van der Waals surface area contributed by atoms with Gasteiger partial charge in [-0.3, -0.25) is 28.8 Å². The van der Waals surface area contributed by atoms with Gasteiger partial charge in [0.1, 0.15) is 18.3 Å². The van der Waals surface area contributed by atoms with E-state index in [9.17, 15) is 28.8 Å². The molecular weight excluding hydrogens is 1280 g/mol. The molecule has 0 saturated heterocycles. The van der Waals surface area contributed by atoms with E-state index < -0.39 is 10.8 Å². The van der Waals surface area contributed by atoms with Gasteiger partial charge >= 0.3 is 35.8 Å². The van der Waals surface area contributed by atoms with Gasteiger partial charge in [0.25, 0.3) is 0 Å². The Morgan fingerprint density at radius 2 is 0.696 bits per heavy atom. The molecule has 15 nitrogen and oxygen atoms in total. The van der Waals surface area contributed by atoms with Crippen LogP contribution in [0, 0.1) is 182 Å². The molecule has 0 aromatic heterocycles. The van der Waals surface area contributed by atoms with Crippen molar-refractivity contribution < 1.29 is 71.4 Å². The summed E-state index contributed by atoms with van der Waals surface area (Å²) in [5, 5.41) is 0. The minimum atomic E-state index is -0.416. The van der Waals surface area contributed by atoms with Crippen molar-refractivity contribution in [2.75, 3.05) is 27.0 Å². The molecule has 0 N–H and O–H groups in total. The van der Waals surface area contributed by atoms with Gasteiger partial charge in [-0.1, -0.05) is 78.7 Å².